The zero-order valence-corrected chi connectivity index (χ0v) is 17.8. The summed E-state index contributed by atoms with van der Waals surface area (Å²) in [5.41, 5.74) is 2.60. The van der Waals surface area contributed by atoms with Gasteiger partial charge in [0.25, 0.3) is 0 Å². The molecule has 0 aliphatic rings. The summed E-state index contributed by atoms with van der Waals surface area (Å²) in [6.07, 6.45) is 0.768. The summed E-state index contributed by atoms with van der Waals surface area (Å²) in [5.74, 6) is 1.97. The minimum atomic E-state index is -0.310. The molecule has 0 fully saturated rings. The highest BCUT2D eigenvalue weighted by Crippen LogP contribution is 2.27. The van der Waals surface area contributed by atoms with Crippen LogP contribution in [0.2, 0.25) is 0 Å². The summed E-state index contributed by atoms with van der Waals surface area (Å²) >= 11 is 0. The van der Waals surface area contributed by atoms with Crippen molar-refractivity contribution < 1.29 is 19.1 Å². The fourth-order valence-corrected chi connectivity index (χ4v) is 3.44. The fraction of sp³-hybridized carbons (Fsp3) is 0.348. The number of methoxy groups -OCH3 is 2. The minimum absolute atomic E-state index is 0.0666. The molecule has 1 aromatic heterocycles. The van der Waals surface area contributed by atoms with Crippen molar-refractivity contribution in [2.75, 3.05) is 20.8 Å². The third-order valence-electron chi connectivity index (χ3n) is 5.13. The van der Waals surface area contributed by atoms with Gasteiger partial charge in [0.1, 0.15) is 5.82 Å². The maximum atomic E-state index is 12.4. The molecule has 2 aromatic carbocycles. The van der Waals surface area contributed by atoms with Crippen LogP contribution in [0, 0.1) is 0 Å². The highest BCUT2D eigenvalue weighted by atomic mass is 16.5. The van der Waals surface area contributed by atoms with Gasteiger partial charge in [0.05, 0.1) is 37.7 Å². The Hall–Kier alpha value is -3.35. The molecule has 1 amide bonds. The van der Waals surface area contributed by atoms with Crippen molar-refractivity contribution in [2.24, 2.45) is 0 Å². The second-order valence-electron chi connectivity index (χ2n) is 7.14. The quantitative estimate of drug-likeness (QED) is 0.587. The normalized spacial score (nSPS) is 11.9. The Labute approximate surface area is 176 Å². The van der Waals surface area contributed by atoms with Crippen molar-refractivity contribution in [3.63, 3.8) is 0 Å². The molecule has 0 radical (unpaired) electrons. The predicted octanol–water partition coefficient (Wildman–Crippen LogP) is 3.10. The van der Waals surface area contributed by atoms with E-state index in [-0.39, 0.29) is 24.2 Å². The number of nitrogens with zero attached hydrogens (tertiary/aromatic N) is 2. The molecule has 0 saturated carbocycles. The number of hydrogen-bond donors (Lipinski definition) is 1. The van der Waals surface area contributed by atoms with Gasteiger partial charge < -0.3 is 19.4 Å². The summed E-state index contributed by atoms with van der Waals surface area (Å²) in [5, 5.41) is 2.94. The number of carbonyl (C=O) groups is 2. The van der Waals surface area contributed by atoms with Crippen LogP contribution in [-0.4, -0.2) is 42.0 Å². The Balaban J connectivity index is 1.66. The lowest BCUT2D eigenvalue weighted by Gasteiger charge is -2.15. The second-order valence-corrected chi connectivity index (χ2v) is 7.14. The molecule has 7 nitrogen and oxygen atoms in total. The number of aromatic nitrogens is 2. The molecular weight excluding hydrogens is 382 g/mol. The molecule has 0 spiro atoms. The maximum absolute atomic E-state index is 12.4. The van der Waals surface area contributed by atoms with Gasteiger partial charge in [0, 0.05) is 13.0 Å². The van der Waals surface area contributed by atoms with Crippen LogP contribution in [0.1, 0.15) is 31.3 Å². The first kappa shape index (κ1) is 21.4. The fourth-order valence-electron chi connectivity index (χ4n) is 3.44. The number of amides is 1. The molecule has 1 atom stereocenters. The standard InChI is InChI=1S/C23H27N3O4/c1-15(16(2)27)26-19-8-6-5-7-18(19)25-22(26)11-12-24-23(28)14-17-9-10-20(29-3)21(13-17)30-4/h5-10,13,15H,11-12,14H2,1-4H3,(H,24,28). The van der Waals surface area contributed by atoms with Crippen molar-refractivity contribution in [3.05, 3.63) is 53.9 Å². The smallest absolute Gasteiger partial charge is 0.224 e. The summed E-state index contributed by atoms with van der Waals surface area (Å²) in [6, 6.07) is 12.9. The average Bonchev–Trinajstić information content (AvgIpc) is 3.11. The number of nitrogens with one attached hydrogen (secondary N) is 1. The zero-order valence-electron chi connectivity index (χ0n) is 17.8. The van der Waals surface area contributed by atoms with Crippen LogP contribution in [0.3, 0.4) is 0 Å². The third kappa shape index (κ3) is 4.62. The van der Waals surface area contributed by atoms with E-state index in [9.17, 15) is 9.59 Å². The number of Topliss-reactive ketones (excluding diaryl/α,β-unsaturated/α-hetero) is 1. The van der Waals surface area contributed by atoms with Crippen LogP contribution in [0.25, 0.3) is 11.0 Å². The molecule has 3 aromatic rings. The zero-order chi connectivity index (χ0) is 21.7. The lowest BCUT2D eigenvalue weighted by molar-refractivity contribution is -0.121. The monoisotopic (exact) mass is 409 g/mol. The summed E-state index contributed by atoms with van der Waals surface area (Å²) in [7, 11) is 3.14. The molecule has 0 aliphatic heterocycles. The lowest BCUT2D eigenvalue weighted by Crippen LogP contribution is -2.28. The Kier molecular flexibility index (Phi) is 6.72. The number of imidazole rings is 1. The molecule has 1 unspecified atom stereocenters. The van der Waals surface area contributed by atoms with E-state index in [2.05, 4.69) is 10.3 Å². The molecule has 3 rings (SSSR count). The number of ketones is 1. The van der Waals surface area contributed by atoms with E-state index in [4.69, 9.17) is 9.47 Å². The van der Waals surface area contributed by atoms with E-state index >= 15 is 0 Å². The van der Waals surface area contributed by atoms with Crippen molar-refractivity contribution >= 4 is 22.7 Å². The highest BCUT2D eigenvalue weighted by Gasteiger charge is 2.18. The minimum Gasteiger partial charge on any atom is -0.493 e. The van der Waals surface area contributed by atoms with Gasteiger partial charge in [-0.2, -0.15) is 0 Å². The molecule has 30 heavy (non-hydrogen) atoms. The van der Waals surface area contributed by atoms with Crippen molar-refractivity contribution in [1.82, 2.24) is 14.9 Å². The Morgan fingerprint density at radius 1 is 1.10 bits per heavy atom. The van der Waals surface area contributed by atoms with E-state index in [0.717, 1.165) is 22.4 Å². The first-order chi connectivity index (χ1) is 14.4. The number of ether oxygens (including phenoxy) is 2. The summed E-state index contributed by atoms with van der Waals surface area (Å²) in [6.45, 7) is 3.88. The Morgan fingerprint density at radius 3 is 2.53 bits per heavy atom. The highest BCUT2D eigenvalue weighted by molar-refractivity contribution is 5.84. The first-order valence-corrected chi connectivity index (χ1v) is 9.88. The van der Waals surface area contributed by atoms with E-state index in [1.54, 1.807) is 33.3 Å². The number of hydrogen-bond acceptors (Lipinski definition) is 5. The number of para-hydroxylation sites is 2. The Morgan fingerprint density at radius 2 is 1.83 bits per heavy atom. The summed E-state index contributed by atoms with van der Waals surface area (Å²) in [4.78, 5) is 29.0. The number of fused-ring (bicyclic) bond motifs is 1. The van der Waals surface area contributed by atoms with E-state index in [1.807, 2.05) is 41.8 Å². The van der Waals surface area contributed by atoms with Crippen LogP contribution >= 0.6 is 0 Å². The van der Waals surface area contributed by atoms with E-state index in [0.29, 0.717) is 24.5 Å². The van der Waals surface area contributed by atoms with Crippen LogP contribution in [0.5, 0.6) is 11.5 Å². The first-order valence-electron chi connectivity index (χ1n) is 9.88. The van der Waals surface area contributed by atoms with Crippen molar-refractivity contribution in [3.8, 4) is 11.5 Å². The topological polar surface area (TPSA) is 82.5 Å². The van der Waals surface area contributed by atoms with Crippen LogP contribution < -0.4 is 14.8 Å². The SMILES string of the molecule is COc1ccc(CC(=O)NCCc2nc3ccccc3n2C(C)C(C)=O)cc1OC. The van der Waals surface area contributed by atoms with Gasteiger partial charge in [-0.15, -0.1) is 0 Å². The lowest BCUT2D eigenvalue weighted by atomic mass is 10.1. The van der Waals surface area contributed by atoms with Gasteiger partial charge in [0.2, 0.25) is 5.91 Å². The van der Waals surface area contributed by atoms with Crippen LogP contribution in [0.15, 0.2) is 42.5 Å². The molecule has 0 bridgehead atoms. The molecule has 158 valence electrons. The molecule has 1 heterocycles. The average molecular weight is 409 g/mol. The predicted molar refractivity (Wildman–Crippen MR) is 115 cm³/mol. The largest absolute Gasteiger partial charge is 0.493 e. The van der Waals surface area contributed by atoms with Crippen LogP contribution in [0.4, 0.5) is 0 Å². The number of benzene rings is 2. The van der Waals surface area contributed by atoms with E-state index in [1.165, 1.54) is 0 Å². The van der Waals surface area contributed by atoms with Gasteiger partial charge in [-0.1, -0.05) is 18.2 Å². The third-order valence-corrected chi connectivity index (χ3v) is 5.13. The van der Waals surface area contributed by atoms with Crippen LogP contribution in [-0.2, 0) is 22.4 Å². The second kappa shape index (κ2) is 9.43. The van der Waals surface area contributed by atoms with Gasteiger partial charge in [-0.3, -0.25) is 9.59 Å². The maximum Gasteiger partial charge on any atom is 0.224 e. The molecule has 1 N–H and O–H groups in total. The number of carbonyl (C=O) groups excluding carboxylic acids is 2. The summed E-state index contributed by atoms with van der Waals surface area (Å²) < 4.78 is 12.5. The molecule has 7 heteroatoms. The number of rotatable bonds is 9. The Bertz CT molecular complexity index is 1060. The van der Waals surface area contributed by atoms with E-state index < -0.39 is 0 Å². The van der Waals surface area contributed by atoms with Gasteiger partial charge in [-0.25, -0.2) is 4.98 Å². The van der Waals surface area contributed by atoms with Gasteiger partial charge in [-0.05, 0) is 43.7 Å². The van der Waals surface area contributed by atoms with Crippen molar-refractivity contribution in [1.29, 1.82) is 0 Å². The molecule has 0 saturated heterocycles. The molecular formula is C23H27N3O4. The van der Waals surface area contributed by atoms with Crippen molar-refractivity contribution in [2.45, 2.75) is 32.7 Å². The van der Waals surface area contributed by atoms with Gasteiger partial charge in [0.15, 0.2) is 17.3 Å². The van der Waals surface area contributed by atoms with Gasteiger partial charge >= 0.3 is 0 Å². The molecule has 0 aliphatic carbocycles.